The Morgan fingerprint density at radius 3 is 2.36 bits per heavy atom. The minimum absolute atomic E-state index is 0. The molecule has 1 aromatic heterocycles. The van der Waals surface area contributed by atoms with E-state index in [9.17, 15) is 14.4 Å². The van der Waals surface area contributed by atoms with E-state index in [4.69, 9.17) is 5.73 Å². The number of H-pyrrole nitrogens is 1. The molecule has 1 aliphatic heterocycles. The van der Waals surface area contributed by atoms with Crippen molar-refractivity contribution in [3.8, 4) is 0 Å². The van der Waals surface area contributed by atoms with Crippen LogP contribution in [-0.2, 0) is 21.4 Å². The zero-order chi connectivity index (χ0) is 30.2. The summed E-state index contributed by atoms with van der Waals surface area (Å²) in [6, 6.07) is 24.8. The predicted octanol–water partition coefficient (Wildman–Crippen LogP) is 4.79. The van der Waals surface area contributed by atoms with Crippen LogP contribution in [0.4, 0.5) is 0 Å². The molecule has 9 heteroatoms. The van der Waals surface area contributed by atoms with Gasteiger partial charge in [-0.15, -0.1) is 12.4 Å². The Bertz CT molecular complexity index is 1650. The molecule has 1 unspecified atom stereocenters. The summed E-state index contributed by atoms with van der Waals surface area (Å²) in [5, 5.41) is 7.26. The maximum Gasteiger partial charge on any atom is 0.251 e. The Kier molecular flexibility index (Phi) is 8.86. The molecule has 0 bridgehead atoms. The topological polar surface area (TPSA) is 120 Å². The van der Waals surface area contributed by atoms with Crippen molar-refractivity contribution in [1.29, 1.82) is 0 Å². The number of rotatable bonds is 7. The van der Waals surface area contributed by atoms with Gasteiger partial charge in [-0.1, -0.05) is 60.7 Å². The molecule has 1 fully saturated rings. The number of aromatic nitrogens is 1. The second-order valence-corrected chi connectivity index (χ2v) is 12.6. The number of carbonyl (C=O) groups is 3. The minimum Gasteiger partial charge on any atom is -0.361 e. The van der Waals surface area contributed by atoms with Gasteiger partial charge in [-0.05, 0) is 68.0 Å². The fourth-order valence-corrected chi connectivity index (χ4v) is 6.77. The number of carbonyl (C=O) groups excluding carboxylic acids is 3. The fraction of sp³-hybridized carbons (Fsp3) is 0.343. The fourth-order valence-electron chi connectivity index (χ4n) is 6.77. The quantitative estimate of drug-likeness (QED) is 0.240. The van der Waals surface area contributed by atoms with Crippen molar-refractivity contribution < 1.29 is 14.4 Å². The van der Waals surface area contributed by atoms with Crippen molar-refractivity contribution >= 4 is 41.0 Å². The molecule has 1 spiro atoms. The van der Waals surface area contributed by atoms with E-state index in [1.165, 1.54) is 5.56 Å². The van der Waals surface area contributed by atoms with Crippen LogP contribution in [0.5, 0.6) is 0 Å². The highest BCUT2D eigenvalue weighted by Gasteiger charge is 2.47. The van der Waals surface area contributed by atoms with E-state index in [2.05, 4.69) is 33.8 Å². The number of likely N-dealkylation sites (tertiary alicyclic amines) is 1. The van der Waals surface area contributed by atoms with E-state index in [-0.39, 0.29) is 41.6 Å². The number of hydrogen-bond acceptors (Lipinski definition) is 4. The lowest BCUT2D eigenvalue weighted by molar-refractivity contribution is -0.138. The second-order valence-electron chi connectivity index (χ2n) is 12.6. The zero-order valence-corrected chi connectivity index (χ0v) is 26.0. The number of fused-ring (bicyclic) bond motifs is 3. The second kappa shape index (κ2) is 12.5. The number of nitrogens with one attached hydrogen (secondary N) is 3. The molecular formula is C35H40ClN5O3. The van der Waals surface area contributed by atoms with Crippen molar-refractivity contribution in [2.75, 3.05) is 13.1 Å². The first-order valence-corrected chi connectivity index (χ1v) is 15.0. The van der Waals surface area contributed by atoms with Crippen LogP contribution in [0.15, 0.2) is 85.1 Å². The molecule has 0 radical (unpaired) electrons. The van der Waals surface area contributed by atoms with Crippen LogP contribution in [0.1, 0.15) is 66.2 Å². The van der Waals surface area contributed by atoms with E-state index in [0.717, 1.165) is 41.3 Å². The van der Waals surface area contributed by atoms with Gasteiger partial charge in [0.2, 0.25) is 11.8 Å². The molecule has 6 rings (SSSR count). The van der Waals surface area contributed by atoms with Crippen LogP contribution in [-0.4, -0.2) is 52.3 Å². The van der Waals surface area contributed by atoms with Gasteiger partial charge in [0.05, 0.1) is 11.6 Å². The van der Waals surface area contributed by atoms with Crippen LogP contribution < -0.4 is 16.4 Å². The highest BCUT2D eigenvalue weighted by molar-refractivity contribution is 5.94. The minimum atomic E-state index is -1.11. The smallest absolute Gasteiger partial charge is 0.251 e. The summed E-state index contributed by atoms with van der Waals surface area (Å²) in [5.41, 5.74) is 9.88. The number of benzene rings is 3. The summed E-state index contributed by atoms with van der Waals surface area (Å²) in [4.78, 5) is 45.2. The number of amides is 3. The number of nitrogens with two attached hydrogens (primary N) is 1. The van der Waals surface area contributed by atoms with E-state index in [1.807, 2.05) is 71.8 Å². The summed E-state index contributed by atoms with van der Waals surface area (Å²) >= 11 is 0. The molecule has 3 amide bonds. The van der Waals surface area contributed by atoms with Crippen molar-refractivity contribution in [1.82, 2.24) is 20.5 Å². The van der Waals surface area contributed by atoms with Crippen LogP contribution in [0.3, 0.4) is 0 Å². The molecule has 8 nitrogen and oxygen atoms in total. The van der Waals surface area contributed by atoms with Crippen molar-refractivity contribution in [3.05, 3.63) is 107 Å². The third-order valence-electron chi connectivity index (χ3n) is 9.16. The van der Waals surface area contributed by atoms with E-state index < -0.39 is 11.6 Å². The third kappa shape index (κ3) is 6.10. The summed E-state index contributed by atoms with van der Waals surface area (Å²) in [7, 11) is 0. The van der Waals surface area contributed by atoms with Crippen molar-refractivity contribution in [3.63, 3.8) is 0 Å². The molecule has 2 atom stereocenters. The van der Waals surface area contributed by atoms with E-state index in [0.29, 0.717) is 25.1 Å². The average Bonchev–Trinajstić information content (AvgIpc) is 3.55. The van der Waals surface area contributed by atoms with Crippen LogP contribution in [0, 0.1) is 0 Å². The van der Waals surface area contributed by atoms with Gasteiger partial charge < -0.3 is 26.3 Å². The molecule has 5 N–H and O–H groups in total. The third-order valence-corrected chi connectivity index (χ3v) is 9.16. The van der Waals surface area contributed by atoms with E-state index >= 15 is 0 Å². The largest absolute Gasteiger partial charge is 0.361 e. The first-order valence-electron chi connectivity index (χ1n) is 15.0. The number of hydrogen-bond donors (Lipinski definition) is 4. The average molecular weight is 614 g/mol. The Hall–Kier alpha value is -4.14. The summed E-state index contributed by atoms with van der Waals surface area (Å²) in [6.45, 7) is 4.42. The molecule has 2 aliphatic rings. The maximum absolute atomic E-state index is 14.0. The SMILES string of the molecule is CC(C)(N)C(=O)NC(Cc1c[nH]c2ccccc12)C(=O)N1CCC2(CC1)C[C@@H](NC(=O)c1ccccc1)c1ccccc12.Cl. The summed E-state index contributed by atoms with van der Waals surface area (Å²) in [6.07, 6.45) is 4.63. The molecule has 1 aliphatic carbocycles. The van der Waals surface area contributed by atoms with Crippen LogP contribution in [0.25, 0.3) is 10.9 Å². The van der Waals surface area contributed by atoms with Crippen molar-refractivity contribution in [2.24, 2.45) is 5.73 Å². The predicted molar refractivity (Wildman–Crippen MR) is 175 cm³/mol. The van der Waals surface area contributed by atoms with Crippen molar-refractivity contribution in [2.45, 2.75) is 62.6 Å². The van der Waals surface area contributed by atoms with Gasteiger partial charge in [-0.2, -0.15) is 0 Å². The lowest BCUT2D eigenvalue weighted by atomic mass is 9.73. The summed E-state index contributed by atoms with van der Waals surface area (Å²) in [5.74, 6) is -0.539. The molecule has 4 aromatic rings. The molecule has 230 valence electrons. The van der Waals surface area contributed by atoms with Crippen LogP contribution >= 0.6 is 12.4 Å². The molecule has 44 heavy (non-hydrogen) atoms. The van der Waals surface area contributed by atoms with Crippen LogP contribution in [0.2, 0.25) is 0 Å². The van der Waals surface area contributed by atoms with Gasteiger partial charge in [0.1, 0.15) is 6.04 Å². The Balaban J connectivity index is 0.00000384. The highest BCUT2D eigenvalue weighted by atomic mass is 35.5. The van der Waals surface area contributed by atoms with Gasteiger partial charge in [-0.25, -0.2) is 0 Å². The normalized spacial score (nSPS) is 17.9. The first-order chi connectivity index (χ1) is 20.6. The van der Waals surface area contributed by atoms with E-state index in [1.54, 1.807) is 13.8 Å². The zero-order valence-electron chi connectivity index (χ0n) is 25.1. The molecule has 2 heterocycles. The van der Waals surface area contributed by atoms with Gasteiger partial charge in [0.15, 0.2) is 0 Å². The lowest BCUT2D eigenvalue weighted by Gasteiger charge is -2.41. The van der Waals surface area contributed by atoms with Gasteiger partial charge in [0.25, 0.3) is 5.91 Å². The number of para-hydroxylation sites is 1. The number of nitrogens with zero attached hydrogens (tertiary/aromatic N) is 1. The van der Waals surface area contributed by atoms with Gasteiger partial charge >= 0.3 is 0 Å². The van der Waals surface area contributed by atoms with Gasteiger partial charge in [0, 0.05) is 47.6 Å². The lowest BCUT2D eigenvalue weighted by Crippen LogP contribution is -2.58. The Morgan fingerprint density at radius 2 is 1.64 bits per heavy atom. The molecule has 3 aromatic carbocycles. The number of halogens is 1. The molecule has 0 saturated carbocycles. The maximum atomic E-state index is 14.0. The standard InChI is InChI=1S/C35H39N5O3.ClH/c1-34(2,36)33(43)39-29(20-24-22-37-28-15-9-7-12-25(24)28)32(42)40-18-16-35(17-19-40)21-30(26-13-6-8-14-27(26)35)38-31(41)23-10-4-3-5-11-23;/h3-15,22,29-30,37H,16-21,36H2,1-2H3,(H,38,41)(H,39,43);1H/t29?,30-;/m1./s1. The Labute approximate surface area is 264 Å². The van der Waals surface area contributed by atoms with Gasteiger partial charge in [-0.3, -0.25) is 14.4 Å². The molecular weight excluding hydrogens is 574 g/mol. The number of piperidine rings is 1. The first kappa shape index (κ1) is 31.3. The number of aromatic amines is 1. The molecule has 1 saturated heterocycles. The highest BCUT2D eigenvalue weighted by Crippen LogP contribution is 2.50. The summed E-state index contributed by atoms with van der Waals surface area (Å²) < 4.78 is 0. The monoisotopic (exact) mass is 613 g/mol. The Morgan fingerprint density at radius 1 is 0.977 bits per heavy atom.